The van der Waals surface area contributed by atoms with E-state index in [0.29, 0.717) is 17.6 Å². The fraction of sp³-hybridized carbons (Fsp3) is 0.706. The molecule has 2 unspecified atom stereocenters. The highest BCUT2D eigenvalue weighted by Gasteiger charge is 2.59. The van der Waals surface area contributed by atoms with Crippen LogP contribution in [0.15, 0.2) is 21.8 Å². The van der Waals surface area contributed by atoms with E-state index < -0.39 is 0 Å². The lowest BCUT2D eigenvalue weighted by Gasteiger charge is -2.61. The standard InChI is InChI=1S/C17H27N3OS.HI/c1-4-21-15-10-14(17(15)7-5-8-17)19-16(18-2)20(3)11-13-6-9-22-12-13;/h6,9,12,14-15H,4-5,7-8,10-11H2,1-3H3,(H,18,19);1H. The molecule has 2 atom stereocenters. The van der Waals surface area contributed by atoms with E-state index in [1.807, 2.05) is 7.05 Å². The highest BCUT2D eigenvalue weighted by atomic mass is 127. The first-order valence-electron chi connectivity index (χ1n) is 8.26. The van der Waals surface area contributed by atoms with Crippen LogP contribution in [0.3, 0.4) is 0 Å². The van der Waals surface area contributed by atoms with Gasteiger partial charge >= 0.3 is 0 Å². The van der Waals surface area contributed by atoms with E-state index in [2.05, 4.69) is 46.0 Å². The molecule has 1 spiro atoms. The molecular formula is C17H28IN3OS. The van der Waals surface area contributed by atoms with Gasteiger partial charge in [0.25, 0.3) is 0 Å². The number of ether oxygens (including phenoxy) is 1. The number of hydrogen-bond donors (Lipinski definition) is 1. The van der Waals surface area contributed by atoms with E-state index in [1.54, 1.807) is 11.3 Å². The van der Waals surface area contributed by atoms with Gasteiger partial charge in [0.2, 0.25) is 0 Å². The normalized spacial score (nSPS) is 25.3. The van der Waals surface area contributed by atoms with Gasteiger partial charge in [-0.05, 0) is 48.6 Å². The predicted molar refractivity (Wildman–Crippen MR) is 108 cm³/mol. The van der Waals surface area contributed by atoms with Gasteiger partial charge in [-0.1, -0.05) is 6.42 Å². The SMILES string of the molecule is CCOC1CC(NC(=NC)N(C)Cc2ccsc2)C12CCC2.I. The molecule has 0 radical (unpaired) electrons. The summed E-state index contributed by atoms with van der Waals surface area (Å²) in [5.41, 5.74) is 1.71. The molecule has 2 fully saturated rings. The summed E-state index contributed by atoms with van der Waals surface area (Å²) in [7, 11) is 3.98. The number of aliphatic imine (C=N–C) groups is 1. The minimum atomic E-state index is 0. The lowest BCUT2D eigenvalue weighted by atomic mass is 9.51. The van der Waals surface area contributed by atoms with Crippen LogP contribution in [0.1, 0.15) is 38.2 Å². The first kappa shape index (κ1) is 19.0. The van der Waals surface area contributed by atoms with E-state index in [4.69, 9.17) is 4.74 Å². The monoisotopic (exact) mass is 449 g/mol. The molecule has 130 valence electrons. The summed E-state index contributed by atoms with van der Waals surface area (Å²) in [5, 5.41) is 8.02. The van der Waals surface area contributed by atoms with Crippen molar-refractivity contribution in [3.05, 3.63) is 22.4 Å². The van der Waals surface area contributed by atoms with Crippen LogP contribution in [0.2, 0.25) is 0 Å². The molecule has 4 nitrogen and oxygen atoms in total. The maximum Gasteiger partial charge on any atom is 0.193 e. The van der Waals surface area contributed by atoms with Crippen LogP contribution in [0.4, 0.5) is 0 Å². The number of thiophene rings is 1. The fourth-order valence-corrected chi connectivity index (χ4v) is 4.53. The lowest BCUT2D eigenvalue weighted by Crippen LogP contribution is -2.68. The fourth-order valence-electron chi connectivity index (χ4n) is 3.87. The molecular weight excluding hydrogens is 421 g/mol. The van der Waals surface area contributed by atoms with Gasteiger partial charge in [0.15, 0.2) is 5.96 Å². The Labute approximate surface area is 160 Å². The van der Waals surface area contributed by atoms with Crippen molar-refractivity contribution in [1.29, 1.82) is 0 Å². The van der Waals surface area contributed by atoms with Crippen LogP contribution in [-0.4, -0.2) is 43.7 Å². The van der Waals surface area contributed by atoms with Crippen molar-refractivity contribution >= 4 is 41.3 Å². The zero-order valence-electron chi connectivity index (χ0n) is 14.2. The number of guanidine groups is 1. The van der Waals surface area contributed by atoms with Crippen LogP contribution in [-0.2, 0) is 11.3 Å². The average molecular weight is 449 g/mol. The lowest BCUT2D eigenvalue weighted by molar-refractivity contribution is -0.168. The van der Waals surface area contributed by atoms with Crippen molar-refractivity contribution in [2.24, 2.45) is 10.4 Å². The van der Waals surface area contributed by atoms with Gasteiger partial charge in [-0.3, -0.25) is 4.99 Å². The molecule has 0 aliphatic heterocycles. The summed E-state index contributed by atoms with van der Waals surface area (Å²) in [6.45, 7) is 3.82. The third-order valence-corrected chi connectivity index (χ3v) is 6.05. The van der Waals surface area contributed by atoms with Crippen molar-refractivity contribution in [2.75, 3.05) is 20.7 Å². The van der Waals surface area contributed by atoms with Crippen molar-refractivity contribution in [3.8, 4) is 0 Å². The second kappa shape index (κ2) is 8.16. The molecule has 2 aliphatic rings. The first-order chi connectivity index (χ1) is 10.7. The molecule has 2 saturated carbocycles. The predicted octanol–water partition coefficient (Wildman–Crippen LogP) is 3.72. The number of halogens is 1. The Morgan fingerprint density at radius 1 is 1.52 bits per heavy atom. The van der Waals surface area contributed by atoms with E-state index in [0.717, 1.165) is 25.5 Å². The van der Waals surface area contributed by atoms with Crippen LogP contribution < -0.4 is 5.32 Å². The highest BCUT2D eigenvalue weighted by Crippen LogP contribution is 2.57. The molecule has 0 aromatic carbocycles. The van der Waals surface area contributed by atoms with Gasteiger partial charge in [-0.2, -0.15) is 11.3 Å². The van der Waals surface area contributed by atoms with Crippen LogP contribution >= 0.6 is 35.3 Å². The Hall–Kier alpha value is -0.340. The number of rotatable bonds is 5. The maximum absolute atomic E-state index is 5.93. The first-order valence-corrected chi connectivity index (χ1v) is 9.21. The topological polar surface area (TPSA) is 36.9 Å². The Morgan fingerprint density at radius 3 is 2.83 bits per heavy atom. The third kappa shape index (κ3) is 3.69. The van der Waals surface area contributed by atoms with E-state index in [9.17, 15) is 0 Å². The molecule has 1 heterocycles. The molecule has 23 heavy (non-hydrogen) atoms. The molecule has 0 saturated heterocycles. The zero-order chi connectivity index (χ0) is 15.6. The van der Waals surface area contributed by atoms with E-state index in [1.165, 1.54) is 24.8 Å². The molecule has 6 heteroatoms. The summed E-state index contributed by atoms with van der Waals surface area (Å²) in [5.74, 6) is 0.998. The number of nitrogens with one attached hydrogen (secondary N) is 1. The summed E-state index contributed by atoms with van der Waals surface area (Å²) in [6, 6.07) is 2.69. The second-order valence-electron chi connectivity index (χ2n) is 6.50. The molecule has 0 amide bonds. The summed E-state index contributed by atoms with van der Waals surface area (Å²) in [6.07, 6.45) is 5.48. The summed E-state index contributed by atoms with van der Waals surface area (Å²) >= 11 is 1.75. The van der Waals surface area contributed by atoms with E-state index in [-0.39, 0.29) is 24.0 Å². The Balaban J connectivity index is 0.00000192. The Bertz CT molecular complexity index is 516. The minimum Gasteiger partial charge on any atom is -0.378 e. The minimum absolute atomic E-state index is 0. The maximum atomic E-state index is 5.93. The highest BCUT2D eigenvalue weighted by molar-refractivity contribution is 14.0. The van der Waals surface area contributed by atoms with Crippen molar-refractivity contribution in [2.45, 2.75) is 51.3 Å². The molecule has 0 bridgehead atoms. The van der Waals surface area contributed by atoms with Gasteiger partial charge in [0, 0.05) is 38.7 Å². The quantitative estimate of drug-likeness (QED) is 0.423. The largest absolute Gasteiger partial charge is 0.378 e. The average Bonchev–Trinajstić information content (AvgIpc) is 2.93. The number of hydrogen-bond acceptors (Lipinski definition) is 3. The third-order valence-electron chi connectivity index (χ3n) is 5.31. The molecule has 1 N–H and O–H groups in total. The smallest absolute Gasteiger partial charge is 0.193 e. The van der Waals surface area contributed by atoms with Crippen LogP contribution in [0, 0.1) is 5.41 Å². The Morgan fingerprint density at radius 2 is 2.30 bits per heavy atom. The van der Waals surface area contributed by atoms with Crippen molar-refractivity contribution in [1.82, 2.24) is 10.2 Å². The second-order valence-corrected chi connectivity index (χ2v) is 7.28. The molecule has 2 aliphatic carbocycles. The van der Waals surface area contributed by atoms with Crippen LogP contribution in [0.25, 0.3) is 0 Å². The summed E-state index contributed by atoms with van der Waals surface area (Å²) < 4.78 is 5.93. The van der Waals surface area contributed by atoms with Gasteiger partial charge in [0.1, 0.15) is 0 Å². The van der Waals surface area contributed by atoms with Crippen molar-refractivity contribution in [3.63, 3.8) is 0 Å². The van der Waals surface area contributed by atoms with Gasteiger partial charge in [0.05, 0.1) is 6.10 Å². The van der Waals surface area contributed by atoms with E-state index >= 15 is 0 Å². The molecule has 3 rings (SSSR count). The Kier molecular flexibility index (Phi) is 6.74. The van der Waals surface area contributed by atoms with Gasteiger partial charge in [-0.15, -0.1) is 24.0 Å². The van der Waals surface area contributed by atoms with Gasteiger partial charge < -0.3 is 15.0 Å². The van der Waals surface area contributed by atoms with Gasteiger partial charge in [-0.25, -0.2) is 0 Å². The molecule has 1 aromatic heterocycles. The zero-order valence-corrected chi connectivity index (χ0v) is 17.4. The summed E-state index contributed by atoms with van der Waals surface area (Å²) in [4.78, 5) is 6.69. The molecule has 1 aromatic rings. The van der Waals surface area contributed by atoms with Crippen molar-refractivity contribution < 1.29 is 4.74 Å². The number of nitrogens with zero attached hydrogens (tertiary/aromatic N) is 2. The van der Waals surface area contributed by atoms with Crippen LogP contribution in [0.5, 0.6) is 0 Å².